The Kier molecular flexibility index (Phi) is 3.64. The zero-order valence-corrected chi connectivity index (χ0v) is 10.5. The van der Waals surface area contributed by atoms with E-state index in [0.717, 1.165) is 19.3 Å². The van der Waals surface area contributed by atoms with Crippen molar-refractivity contribution in [3.05, 3.63) is 0 Å². The van der Waals surface area contributed by atoms with Crippen LogP contribution in [0.2, 0.25) is 0 Å². The molecule has 92 valence electrons. The predicted octanol–water partition coefficient (Wildman–Crippen LogP) is 0.864. The minimum absolute atomic E-state index is 0.00765. The van der Waals surface area contributed by atoms with Gasteiger partial charge in [-0.25, -0.2) is 0 Å². The molecule has 0 radical (unpaired) electrons. The molecule has 16 heavy (non-hydrogen) atoms. The van der Waals surface area contributed by atoms with Crippen molar-refractivity contribution in [2.24, 2.45) is 5.92 Å². The summed E-state index contributed by atoms with van der Waals surface area (Å²) in [5.74, 6) is -0.0546. The summed E-state index contributed by atoms with van der Waals surface area (Å²) in [5, 5.41) is -0.441. The first-order valence-electron chi connectivity index (χ1n) is 5.74. The van der Waals surface area contributed by atoms with Crippen LogP contribution in [0.4, 0.5) is 0 Å². The van der Waals surface area contributed by atoms with E-state index in [-0.39, 0.29) is 23.2 Å². The van der Waals surface area contributed by atoms with Crippen LogP contribution in [0.1, 0.15) is 26.2 Å². The summed E-state index contributed by atoms with van der Waals surface area (Å²) in [6.45, 7) is 2.58. The van der Waals surface area contributed by atoms with Crippen LogP contribution in [0.5, 0.6) is 0 Å². The van der Waals surface area contributed by atoms with E-state index < -0.39 is 16.0 Å². The minimum atomic E-state index is -1.16. The van der Waals surface area contributed by atoms with Gasteiger partial charge in [0.1, 0.15) is 5.25 Å². The first kappa shape index (κ1) is 12.0. The quantitative estimate of drug-likeness (QED) is 0.691. The monoisotopic (exact) mass is 246 g/mol. The molecule has 1 saturated heterocycles. The van der Waals surface area contributed by atoms with Crippen molar-refractivity contribution in [3.8, 4) is 0 Å². The summed E-state index contributed by atoms with van der Waals surface area (Å²) in [7, 11) is 0.204. The molecule has 1 saturated carbocycles. The van der Waals surface area contributed by atoms with Crippen molar-refractivity contribution in [2.75, 3.05) is 13.7 Å². The SMILES string of the molecule is COC(=O)C(C1CC1)S(=O)C1CCOC1C. The highest BCUT2D eigenvalue weighted by Gasteiger charge is 2.45. The maximum Gasteiger partial charge on any atom is 0.321 e. The molecule has 2 rings (SSSR count). The van der Waals surface area contributed by atoms with Crippen LogP contribution >= 0.6 is 0 Å². The Morgan fingerprint density at radius 3 is 2.56 bits per heavy atom. The van der Waals surface area contributed by atoms with Crippen LogP contribution in [0.3, 0.4) is 0 Å². The molecule has 2 aliphatic rings. The van der Waals surface area contributed by atoms with E-state index in [2.05, 4.69) is 0 Å². The zero-order valence-electron chi connectivity index (χ0n) is 9.68. The van der Waals surface area contributed by atoms with Gasteiger partial charge >= 0.3 is 5.97 Å². The Morgan fingerprint density at radius 1 is 1.44 bits per heavy atom. The van der Waals surface area contributed by atoms with Crippen molar-refractivity contribution in [2.45, 2.75) is 42.8 Å². The molecule has 1 aliphatic heterocycles. The smallest absolute Gasteiger partial charge is 0.321 e. The molecule has 2 fully saturated rings. The highest BCUT2D eigenvalue weighted by atomic mass is 32.2. The van der Waals surface area contributed by atoms with Gasteiger partial charge in [-0.1, -0.05) is 0 Å². The van der Waals surface area contributed by atoms with Gasteiger partial charge in [-0.3, -0.25) is 9.00 Å². The van der Waals surface area contributed by atoms with Crippen LogP contribution in [-0.2, 0) is 25.1 Å². The number of methoxy groups -OCH3 is 1. The molecule has 4 nitrogen and oxygen atoms in total. The van der Waals surface area contributed by atoms with Crippen LogP contribution < -0.4 is 0 Å². The standard InChI is InChI=1S/C11H18O4S/c1-7-9(5-6-15-7)16(13)10(8-3-4-8)11(12)14-2/h7-10H,3-6H2,1-2H3. The van der Waals surface area contributed by atoms with Gasteiger partial charge in [-0.05, 0) is 32.1 Å². The third kappa shape index (κ3) is 2.30. The van der Waals surface area contributed by atoms with Gasteiger partial charge in [-0.15, -0.1) is 0 Å². The number of esters is 1. The fourth-order valence-electron chi connectivity index (χ4n) is 2.20. The summed E-state index contributed by atoms with van der Waals surface area (Å²) in [6.07, 6.45) is 2.77. The fraction of sp³-hybridized carbons (Fsp3) is 0.909. The Balaban J connectivity index is 2.07. The van der Waals surface area contributed by atoms with E-state index in [4.69, 9.17) is 9.47 Å². The van der Waals surface area contributed by atoms with E-state index in [1.54, 1.807) is 0 Å². The van der Waals surface area contributed by atoms with Crippen LogP contribution in [0.15, 0.2) is 0 Å². The Hall–Kier alpha value is -0.420. The molecule has 1 aliphatic carbocycles. The zero-order chi connectivity index (χ0) is 11.7. The van der Waals surface area contributed by atoms with Crippen LogP contribution in [0.25, 0.3) is 0 Å². The third-order valence-electron chi connectivity index (χ3n) is 3.34. The molecule has 4 unspecified atom stereocenters. The highest BCUT2D eigenvalue weighted by Crippen LogP contribution is 2.38. The Morgan fingerprint density at radius 2 is 2.12 bits per heavy atom. The summed E-state index contributed by atoms with van der Waals surface area (Å²) >= 11 is 0. The summed E-state index contributed by atoms with van der Waals surface area (Å²) in [5.41, 5.74) is 0. The minimum Gasteiger partial charge on any atom is -0.468 e. The van der Waals surface area contributed by atoms with Crippen LogP contribution in [-0.4, -0.2) is 40.5 Å². The Bertz CT molecular complexity index is 300. The molecule has 0 spiro atoms. The molecule has 0 bridgehead atoms. The molecule has 0 aromatic heterocycles. The number of rotatable bonds is 4. The number of hydrogen-bond acceptors (Lipinski definition) is 4. The van der Waals surface area contributed by atoms with Gasteiger partial charge in [0.25, 0.3) is 0 Å². The lowest BCUT2D eigenvalue weighted by Gasteiger charge is -2.20. The lowest BCUT2D eigenvalue weighted by atomic mass is 10.2. The summed E-state index contributed by atoms with van der Waals surface area (Å²) in [4.78, 5) is 11.6. The topological polar surface area (TPSA) is 52.6 Å². The molecule has 1 heterocycles. The largest absolute Gasteiger partial charge is 0.468 e. The maximum absolute atomic E-state index is 12.4. The van der Waals surface area contributed by atoms with Gasteiger partial charge in [0.05, 0.1) is 18.5 Å². The second kappa shape index (κ2) is 4.84. The third-order valence-corrected chi connectivity index (χ3v) is 5.63. The van der Waals surface area contributed by atoms with E-state index >= 15 is 0 Å². The average Bonchev–Trinajstić information content (AvgIpc) is 3.00. The van der Waals surface area contributed by atoms with E-state index in [1.807, 2.05) is 6.92 Å². The molecule has 4 atom stereocenters. The van der Waals surface area contributed by atoms with Crippen molar-refractivity contribution in [1.82, 2.24) is 0 Å². The predicted molar refractivity (Wildman–Crippen MR) is 60.5 cm³/mol. The lowest BCUT2D eigenvalue weighted by Crippen LogP contribution is -2.38. The van der Waals surface area contributed by atoms with Crippen molar-refractivity contribution in [1.29, 1.82) is 0 Å². The summed E-state index contributed by atoms with van der Waals surface area (Å²) < 4.78 is 22.5. The molecular weight excluding hydrogens is 228 g/mol. The van der Waals surface area contributed by atoms with Gasteiger partial charge in [0.2, 0.25) is 0 Å². The second-order valence-corrected chi connectivity index (χ2v) is 6.28. The number of carbonyl (C=O) groups excluding carboxylic acids is 1. The first-order valence-corrected chi connectivity index (χ1v) is 7.01. The molecule has 0 N–H and O–H groups in total. The van der Waals surface area contributed by atoms with Crippen LogP contribution in [0, 0.1) is 5.92 Å². The molecule has 0 aromatic rings. The Labute approximate surface area is 98.1 Å². The normalized spacial score (nSPS) is 33.4. The molecule has 0 amide bonds. The fourth-order valence-corrected chi connectivity index (χ4v) is 4.30. The van der Waals surface area contributed by atoms with Gasteiger partial charge < -0.3 is 9.47 Å². The van der Waals surface area contributed by atoms with Crippen molar-refractivity contribution < 1.29 is 18.5 Å². The lowest BCUT2D eigenvalue weighted by molar-refractivity contribution is -0.140. The van der Waals surface area contributed by atoms with Gasteiger partial charge in [0.15, 0.2) is 0 Å². The number of hydrogen-bond donors (Lipinski definition) is 0. The molecular formula is C11H18O4S. The average molecular weight is 246 g/mol. The van der Waals surface area contributed by atoms with Gasteiger partial charge in [0, 0.05) is 17.4 Å². The van der Waals surface area contributed by atoms with Crippen molar-refractivity contribution in [3.63, 3.8) is 0 Å². The van der Waals surface area contributed by atoms with E-state index in [0.29, 0.717) is 6.61 Å². The number of carbonyl (C=O) groups is 1. The highest BCUT2D eigenvalue weighted by molar-refractivity contribution is 7.87. The van der Waals surface area contributed by atoms with Gasteiger partial charge in [-0.2, -0.15) is 0 Å². The summed E-state index contributed by atoms with van der Waals surface area (Å²) in [6, 6.07) is 0. The molecule has 0 aromatic carbocycles. The van der Waals surface area contributed by atoms with E-state index in [9.17, 15) is 9.00 Å². The molecule has 5 heteroatoms. The number of ether oxygens (including phenoxy) is 2. The van der Waals surface area contributed by atoms with E-state index in [1.165, 1.54) is 7.11 Å². The van der Waals surface area contributed by atoms with Crippen molar-refractivity contribution >= 4 is 16.8 Å². The second-order valence-electron chi connectivity index (χ2n) is 4.51. The maximum atomic E-state index is 12.4. The first-order chi connectivity index (χ1) is 7.65.